The zero-order valence-electron chi connectivity index (χ0n) is 20.2. The van der Waals surface area contributed by atoms with Crippen LogP contribution in [0.1, 0.15) is 26.3 Å². The lowest BCUT2D eigenvalue weighted by atomic mass is 9.50. The quantitative estimate of drug-likeness (QED) is 0.528. The Morgan fingerprint density at radius 3 is 2.50 bits per heavy atom. The predicted octanol–water partition coefficient (Wildman–Crippen LogP) is 1.90. The van der Waals surface area contributed by atoms with E-state index in [9.17, 15) is 4.21 Å². The van der Waals surface area contributed by atoms with E-state index in [0.717, 1.165) is 0 Å². The number of hydrogen-bond donors (Lipinski definition) is 1. The van der Waals surface area contributed by atoms with E-state index in [1.54, 1.807) is 26.8 Å². The summed E-state index contributed by atoms with van der Waals surface area (Å²) in [4.78, 5) is 12.9. The van der Waals surface area contributed by atoms with Crippen molar-refractivity contribution in [2.75, 3.05) is 12.9 Å². The first-order valence-corrected chi connectivity index (χ1v) is 12.5. The molecule has 0 saturated heterocycles. The van der Waals surface area contributed by atoms with Gasteiger partial charge in [-0.1, -0.05) is 5.16 Å². The third-order valence-corrected chi connectivity index (χ3v) is 9.37. The van der Waals surface area contributed by atoms with Crippen LogP contribution in [0.25, 0.3) is 22.7 Å². The summed E-state index contributed by atoms with van der Waals surface area (Å²) in [5, 5.41) is 1.96. The molecule has 0 aliphatic carbocycles. The van der Waals surface area contributed by atoms with Gasteiger partial charge in [-0.2, -0.15) is 0 Å². The highest BCUT2D eigenvalue weighted by Gasteiger charge is 2.48. The van der Waals surface area contributed by atoms with Crippen LogP contribution in [0.4, 0.5) is 4.39 Å². The molecule has 0 fully saturated rings. The van der Waals surface area contributed by atoms with E-state index in [1.807, 2.05) is 0 Å². The molecule has 1 aliphatic rings. The highest BCUT2D eigenvalue weighted by atomic mass is 32.2. The van der Waals surface area contributed by atoms with E-state index in [2.05, 4.69) is 24.5 Å². The van der Waals surface area contributed by atoms with Gasteiger partial charge in [0.05, 0.1) is 58.5 Å². The number of aliphatic imine (C=N–C) groups is 1. The van der Waals surface area contributed by atoms with Crippen LogP contribution in [0.5, 0.6) is 5.88 Å². The molecule has 3 aromatic rings. The van der Waals surface area contributed by atoms with Crippen molar-refractivity contribution >= 4 is 39.1 Å². The molecule has 0 amide bonds. The van der Waals surface area contributed by atoms with Gasteiger partial charge in [-0.3, -0.25) is 9.36 Å². The van der Waals surface area contributed by atoms with Crippen molar-refractivity contribution in [3.63, 3.8) is 0 Å². The number of rotatable bonds is 5. The minimum atomic E-state index is -3.30. The van der Waals surface area contributed by atoms with Crippen LogP contribution >= 0.6 is 0 Å². The normalized spacial score (nSPS) is 23.6. The number of aromatic nitrogens is 3. The average molecular weight is 502 g/mol. The number of halogens is 1. The van der Waals surface area contributed by atoms with Crippen molar-refractivity contribution in [3.05, 3.63) is 48.0 Å². The Hall–Kier alpha value is -3.15. The Balaban J connectivity index is 1.78. The van der Waals surface area contributed by atoms with Crippen LogP contribution in [0.3, 0.4) is 0 Å². The van der Waals surface area contributed by atoms with E-state index >= 15 is 4.39 Å². The maximum absolute atomic E-state index is 15.2. The second-order valence-electron chi connectivity index (χ2n) is 9.26. The van der Waals surface area contributed by atoms with Gasteiger partial charge in [0, 0.05) is 17.2 Å². The molecule has 2 atom stereocenters. The standard InChI is InChI=1S/C22H22B3FN6O3S/c1-20(2)19(27)30-21(3,11-36(20,33)32-22(23,24)25)13-7-12(5-6-14(13)26)17-8-15(31-35-17)16-9-29-18(34-4)10-28-16/h5-10H,11H2,1-4H3,(H2,27,30)/t21-,36?/m0/s1. The number of amidine groups is 1. The molecule has 2 N–H and O–H groups in total. The molecule has 9 nitrogen and oxygen atoms in total. The summed E-state index contributed by atoms with van der Waals surface area (Å²) in [6.45, 7) is 4.82. The fourth-order valence-electron chi connectivity index (χ4n) is 3.87. The lowest BCUT2D eigenvalue weighted by Crippen LogP contribution is -2.55. The number of ether oxygens (including phenoxy) is 1. The van der Waals surface area contributed by atoms with Gasteiger partial charge < -0.3 is 15.0 Å². The Kier molecular flexibility index (Phi) is 6.31. The van der Waals surface area contributed by atoms with Crippen molar-refractivity contribution in [2.45, 2.75) is 36.3 Å². The number of methoxy groups -OCH3 is 1. The summed E-state index contributed by atoms with van der Waals surface area (Å²) >= 11 is 0. The lowest BCUT2D eigenvalue weighted by molar-refractivity contribution is 0.395. The zero-order valence-corrected chi connectivity index (χ0v) is 21.0. The molecule has 14 heteroatoms. The minimum Gasteiger partial charge on any atom is -0.480 e. The van der Waals surface area contributed by atoms with Crippen molar-refractivity contribution in [1.82, 2.24) is 15.1 Å². The lowest BCUT2D eigenvalue weighted by Gasteiger charge is -2.42. The molecule has 6 radical (unpaired) electrons. The van der Waals surface area contributed by atoms with Gasteiger partial charge in [0.2, 0.25) is 5.88 Å². The molecular weight excluding hydrogens is 480 g/mol. The van der Waals surface area contributed by atoms with E-state index < -0.39 is 31.1 Å². The van der Waals surface area contributed by atoms with Gasteiger partial charge in [0.25, 0.3) is 0 Å². The number of nitrogens with zero attached hydrogens (tertiary/aromatic N) is 5. The van der Waals surface area contributed by atoms with Crippen LogP contribution in [-0.2, 0) is 15.3 Å². The summed E-state index contributed by atoms with van der Waals surface area (Å²) in [5.74, 6) is -0.0897. The van der Waals surface area contributed by atoms with Crippen molar-refractivity contribution in [2.24, 2.45) is 15.1 Å². The van der Waals surface area contributed by atoms with Gasteiger partial charge in [0.15, 0.2) is 5.76 Å². The Bertz CT molecular complexity index is 1460. The third kappa shape index (κ3) is 4.66. The largest absolute Gasteiger partial charge is 0.480 e. The molecule has 0 saturated carbocycles. The van der Waals surface area contributed by atoms with Crippen LogP contribution in [0.2, 0.25) is 0 Å². The highest BCUT2D eigenvalue weighted by Crippen LogP contribution is 2.40. The Morgan fingerprint density at radius 2 is 1.89 bits per heavy atom. The van der Waals surface area contributed by atoms with E-state index in [-0.39, 0.29) is 17.2 Å². The Morgan fingerprint density at radius 1 is 1.17 bits per heavy atom. The van der Waals surface area contributed by atoms with Crippen LogP contribution in [-0.4, -0.2) is 71.6 Å². The van der Waals surface area contributed by atoms with Crippen molar-refractivity contribution < 1.29 is 17.9 Å². The molecule has 1 aromatic carbocycles. The summed E-state index contributed by atoms with van der Waals surface area (Å²) < 4.78 is 42.5. The highest BCUT2D eigenvalue weighted by molar-refractivity contribution is 7.96. The molecule has 3 heterocycles. The van der Waals surface area contributed by atoms with Gasteiger partial charge in [-0.15, -0.1) is 0 Å². The number of nitrogens with two attached hydrogens (primary N) is 1. The molecule has 2 aromatic heterocycles. The molecule has 1 unspecified atom stereocenters. The molecule has 36 heavy (non-hydrogen) atoms. The second-order valence-corrected chi connectivity index (χ2v) is 12.0. The van der Waals surface area contributed by atoms with Gasteiger partial charge in [-0.05, 0) is 44.2 Å². The number of benzene rings is 1. The summed E-state index contributed by atoms with van der Waals surface area (Å²) in [5.41, 5.74) is 6.37. The fourth-order valence-corrected chi connectivity index (χ4v) is 6.39. The molecule has 0 bridgehead atoms. The maximum Gasteiger partial charge on any atom is 0.232 e. The molecule has 0 spiro atoms. The van der Waals surface area contributed by atoms with Crippen LogP contribution in [0.15, 0.2) is 50.5 Å². The first-order chi connectivity index (χ1) is 16.7. The van der Waals surface area contributed by atoms with Crippen molar-refractivity contribution in [3.8, 4) is 28.6 Å². The summed E-state index contributed by atoms with van der Waals surface area (Å²) in [6.07, 6.45) is 2.94. The predicted molar refractivity (Wildman–Crippen MR) is 138 cm³/mol. The molecule has 1 aliphatic heterocycles. The van der Waals surface area contributed by atoms with Gasteiger partial charge >= 0.3 is 0 Å². The summed E-state index contributed by atoms with van der Waals surface area (Å²) in [6, 6.07) is 5.96. The molecule has 4 rings (SSSR count). The fraction of sp³-hybridized carbons (Fsp3) is 0.364. The third-order valence-electron chi connectivity index (χ3n) is 6.00. The monoisotopic (exact) mass is 502 g/mol. The first kappa shape index (κ1) is 25.9. The maximum atomic E-state index is 15.2. The summed E-state index contributed by atoms with van der Waals surface area (Å²) in [7, 11) is 15.2. The topological polar surface area (TPSA) is 129 Å². The smallest absolute Gasteiger partial charge is 0.232 e. The average Bonchev–Trinajstić information content (AvgIpc) is 3.27. The van der Waals surface area contributed by atoms with Gasteiger partial charge in [-0.25, -0.2) is 18.6 Å². The van der Waals surface area contributed by atoms with E-state index in [4.69, 9.17) is 38.5 Å². The minimum absolute atomic E-state index is 0.0130. The van der Waals surface area contributed by atoms with Crippen molar-refractivity contribution in [1.29, 1.82) is 0 Å². The first-order valence-electron chi connectivity index (χ1n) is 10.8. The Labute approximate surface area is 212 Å². The molecule has 180 valence electrons. The number of hydrogen-bond acceptors (Lipinski definition) is 9. The molecular formula is C22H22B3FN6O3S. The van der Waals surface area contributed by atoms with E-state index in [0.29, 0.717) is 28.6 Å². The van der Waals surface area contributed by atoms with Crippen LogP contribution in [0, 0.1) is 5.82 Å². The van der Waals surface area contributed by atoms with Gasteiger partial charge in [0.1, 0.15) is 33.3 Å². The van der Waals surface area contributed by atoms with E-state index in [1.165, 1.54) is 37.7 Å². The SMILES string of the molecule is [B]C([B])([B])N=S1(=O)C[C@@](C)(c2cc(-c3cc(-c4cnc(OC)cn4)no3)ccc2F)N=C(N)C1(C)C. The zero-order chi connectivity index (χ0) is 26.5. The second kappa shape index (κ2) is 8.76. The van der Waals surface area contributed by atoms with Crippen LogP contribution < -0.4 is 10.5 Å².